The number of carbonyl (C=O) groups is 1. The van der Waals surface area contributed by atoms with Gasteiger partial charge in [-0.15, -0.1) is 0 Å². The highest BCUT2D eigenvalue weighted by Gasteiger charge is 1.96. The minimum absolute atomic E-state index is 0.313. The number of carbonyl (C=O) groups excluding carboxylic acids is 1. The molecule has 0 aliphatic carbocycles. The monoisotopic (exact) mass is 198 g/mol. The second-order valence-electron chi connectivity index (χ2n) is 3.97. The Hall–Kier alpha value is -0.790. The molecule has 0 spiro atoms. The molecule has 0 aromatic rings. The van der Waals surface area contributed by atoms with Gasteiger partial charge in [-0.3, -0.25) is 0 Å². The fraction of sp³-hybridized carbons (Fsp3) is 0.750. The summed E-state index contributed by atoms with van der Waals surface area (Å²) in [6.45, 7) is 8.35. The summed E-state index contributed by atoms with van der Waals surface area (Å²) in [5, 5.41) is 0. The summed E-state index contributed by atoms with van der Waals surface area (Å²) < 4.78 is 4.86. The SMILES string of the molecule is C=CC(=O)OCCCCCCC(C)C. The van der Waals surface area contributed by atoms with E-state index in [1.807, 2.05) is 0 Å². The van der Waals surface area contributed by atoms with Gasteiger partial charge < -0.3 is 4.74 Å². The number of esters is 1. The third-order valence-electron chi connectivity index (χ3n) is 2.09. The van der Waals surface area contributed by atoms with Gasteiger partial charge in [0.1, 0.15) is 0 Å². The van der Waals surface area contributed by atoms with E-state index >= 15 is 0 Å². The van der Waals surface area contributed by atoms with E-state index in [2.05, 4.69) is 20.4 Å². The molecule has 0 bridgehead atoms. The van der Waals surface area contributed by atoms with Crippen LogP contribution >= 0.6 is 0 Å². The van der Waals surface area contributed by atoms with Crippen molar-refractivity contribution >= 4 is 5.97 Å². The number of hydrogen-bond donors (Lipinski definition) is 0. The molecule has 0 aromatic carbocycles. The first-order valence-corrected chi connectivity index (χ1v) is 5.46. The van der Waals surface area contributed by atoms with Crippen molar-refractivity contribution < 1.29 is 9.53 Å². The van der Waals surface area contributed by atoms with Crippen LogP contribution in [0.15, 0.2) is 12.7 Å². The number of hydrogen-bond acceptors (Lipinski definition) is 2. The minimum atomic E-state index is -0.313. The molecule has 0 saturated heterocycles. The summed E-state index contributed by atoms with van der Waals surface area (Å²) in [6.07, 6.45) is 7.15. The molecule has 0 aliphatic heterocycles. The highest BCUT2D eigenvalue weighted by Crippen LogP contribution is 2.09. The van der Waals surface area contributed by atoms with E-state index in [1.54, 1.807) is 0 Å². The van der Waals surface area contributed by atoms with Gasteiger partial charge in [-0.2, -0.15) is 0 Å². The van der Waals surface area contributed by atoms with Crippen LogP contribution in [0.4, 0.5) is 0 Å². The highest BCUT2D eigenvalue weighted by molar-refractivity contribution is 5.81. The van der Waals surface area contributed by atoms with Crippen LogP contribution in [0.5, 0.6) is 0 Å². The van der Waals surface area contributed by atoms with Gasteiger partial charge in [0.25, 0.3) is 0 Å². The van der Waals surface area contributed by atoms with Crippen molar-refractivity contribution in [3.63, 3.8) is 0 Å². The van der Waals surface area contributed by atoms with Crippen LogP contribution in [0.3, 0.4) is 0 Å². The second-order valence-corrected chi connectivity index (χ2v) is 3.97. The summed E-state index contributed by atoms with van der Waals surface area (Å²) >= 11 is 0. The second kappa shape index (κ2) is 8.79. The van der Waals surface area contributed by atoms with E-state index in [0.29, 0.717) is 6.61 Å². The highest BCUT2D eigenvalue weighted by atomic mass is 16.5. The largest absolute Gasteiger partial charge is 0.463 e. The molecule has 0 N–H and O–H groups in total. The molecule has 0 saturated carbocycles. The molecule has 2 heteroatoms. The first-order valence-electron chi connectivity index (χ1n) is 5.46. The minimum Gasteiger partial charge on any atom is -0.463 e. The molecule has 0 fully saturated rings. The van der Waals surface area contributed by atoms with Crippen molar-refractivity contribution in [3.05, 3.63) is 12.7 Å². The Bertz CT molecular complexity index is 162. The summed E-state index contributed by atoms with van der Waals surface area (Å²) in [6, 6.07) is 0. The zero-order chi connectivity index (χ0) is 10.8. The molecule has 14 heavy (non-hydrogen) atoms. The quantitative estimate of drug-likeness (QED) is 0.340. The number of ether oxygens (including phenoxy) is 1. The Labute approximate surface area is 87.3 Å². The van der Waals surface area contributed by atoms with Crippen LogP contribution in [-0.4, -0.2) is 12.6 Å². The molecular formula is C12H22O2. The molecule has 0 heterocycles. The first-order chi connectivity index (χ1) is 6.66. The van der Waals surface area contributed by atoms with Crippen LogP contribution in [0.1, 0.15) is 46.0 Å². The Balaban J connectivity index is 3.06. The normalized spacial score (nSPS) is 10.2. The standard InChI is InChI=1S/C12H22O2/c1-4-12(13)14-10-8-6-5-7-9-11(2)3/h4,11H,1,5-10H2,2-3H3. The fourth-order valence-corrected chi connectivity index (χ4v) is 1.24. The maximum Gasteiger partial charge on any atom is 0.330 e. The lowest BCUT2D eigenvalue weighted by molar-refractivity contribution is -0.137. The summed E-state index contributed by atoms with van der Waals surface area (Å²) in [4.78, 5) is 10.6. The van der Waals surface area contributed by atoms with Gasteiger partial charge in [0.2, 0.25) is 0 Å². The molecule has 0 unspecified atom stereocenters. The van der Waals surface area contributed by atoms with Crippen molar-refractivity contribution in [2.75, 3.05) is 6.61 Å². The average molecular weight is 198 g/mol. The van der Waals surface area contributed by atoms with E-state index in [0.717, 1.165) is 18.8 Å². The summed E-state index contributed by atoms with van der Waals surface area (Å²) in [5.74, 6) is 0.487. The molecule has 0 radical (unpaired) electrons. The van der Waals surface area contributed by atoms with Crippen LogP contribution in [0.2, 0.25) is 0 Å². The maximum atomic E-state index is 10.6. The van der Waals surface area contributed by atoms with E-state index in [4.69, 9.17) is 4.74 Å². The molecule has 2 nitrogen and oxygen atoms in total. The van der Waals surface area contributed by atoms with E-state index < -0.39 is 0 Å². The van der Waals surface area contributed by atoms with Crippen LogP contribution in [0, 0.1) is 5.92 Å². The smallest absolute Gasteiger partial charge is 0.330 e. The lowest BCUT2D eigenvalue weighted by Gasteiger charge is -2.04. The predicted octanol–water partition coefficient (Wildman–Crippen LogP) is 3.32. The van der Waals surface area contributed by atoms with E-state index in [9.17, 15) is 4.79 Å². The van der Waals surface area contributed by atoms with Gasteiger partial charge in [-0.25, -0.2) is 4.79 Å². The lowest BCUT2D eigenvalue weighted by Crippen LogP contribution is -2.01. The van der Waals surface area contributed by atoms with Crippen molar-refractivity contribution in [2.45, 2.75) is 46.0 Å². The molecular weight excluding hydrogens is 176 g/mol. The van der Waals surface area contributed by atoms with Crippen LogP contribution in [0.25, 0.3) is 0 Å². The zero-order valence-corrected chi connectivity index (χ0v) is 9.42. The van der Waals surface area contributed by atoms with Gasteiger partial charge >= 0.3 is 5.97 Å². The van der Waals surface area contributed by atoms with Gasteiger partial charge in [-0.05, 0) is 12.3 Å². The Kier molecular flexibility index (Phi) is 8.30. The van der Waals surface area contributed by atoms with Gasteiger partial charge in [0.15, 0.2) is 0 Å². The lowest BCUT2D eigenvalue weighted by atomic mass is 10.0. The topological polar surface area (TPSA) is 26.3 Å². The molecule has 82 valence electrons. The van der Waals surface area contributed by atoms with Gasteiger partial charge in [-0.1, -0.05) is 46.1 Å². The third-order valence-corrected chi connectivity index (χ3v) is 2.09. The Morgan fingerprint density at radius 2 is 1.93 bits per heavy atom. The average Bonchev–Trinajstić information content (AvgIpc) is 2.15. The molecule has 0 aliphatic rings. The van der Waals surface area contributed by atoms with Crippen molar-refractivity contribution in [1.29, 1.82) is 0 Å². The molecule has 0 aromatic heterocycles. The number of rotatable bonds is 8. The molecule has 0 rings (SSSR count). The molecule has 0 atom stereocenters. The van der Waals surface area contributed by atoms with Crippen LogP contribution < -0.4 is 0 Å². The first kappa shape index (κ1) is 13.2. The Morgan fingerprint density at radius 3 is 2.50 bits per heavy atom. The van der Waals surface area contributed by atoms with Gasteiger partial charge in [0, 0.05) is 6.08 Å². The Morgan fingerprint density at radius 1 is 1.29 bits per heavy atom. The summed E-state index contributed by atoms with van der Waals surface area (Å²) in [7, 11) is 0. The zero-order valence-electron chi connectivity index (χ0n) is 9.42. The van der Waals surface area contributed by atoms with Crippen molar-refractivity contribution in [1.82, 2.24) is 0 Å². The van der Waals surface area contributed by atoms with Crippen molar-refractivity contribution in [3.8, 4) is 0 Å². The van der Waals surface area contributed by atoms with E-state index in [-0.39, 0.29) is 5.97 Å². The fourth-order valence-electron chi connectivity index (χ4n) is 1.24. The third kappa shape index (κ3) is 9.30. The van der Waals surface area contributed by atoms with Gasteiger partial charge in [0.05, 0.1) is 6.61 Å². The maximum absolute atomic E-state index is 10.6. The predicted molar refractivity (Wildman–Crippen MR) is 59.1 cm³/mol. The van der Waals surface area contributed by atoms with Crippen molar-refractivity contribution in [2.24, 2.45) is 5.92 Å². The molecule has 0 amide bonds. The van der Waals surface area contributed by atoms with Crippen LogP contribution in [-0.2, 0) is 9.53 Å². The number of unbranched alkanes of at least 4 members (excludes halogenated alkanes) is 3. The van der Waals surface area contributed by atoms with E-state index in [1.165, 1.54) is 25.3 Å². The summed E-state index contributed by atoms with van der Waals surface area (Å²) in [5.41, 5.74) is 0.